The largest absolute Gasteiger partial charge is 0.394 e. The summed E-state index contributed by atoms with van der Waals surface area (Å²) in [6.45, 7) is 0.492. The maximum Gasteiger partial charge on any atom is 0.210 e. The lowest BCUT2D eigenvalue weighted by Gasteiger charge is -2.33. The van der Waals surface area contributed by atoms with Gasteiger partial charge >= 0.3 is 0 Å². The molecule has 2 N–H and O–H groups in total. The van der Waals surface area contributed by atoms with Crippen molar-refractivity contribution >= 4 is 6.41 Å². The lowest BCUT2D eigenvalue weighted by molar-refractivity contribution is -0.124. The zero-order valence-corrected chi connectivity index (χ0v) is 6.31. The molecule has 1 fully saturated rings. The Morgan fingerprint density at radius 1 is 1.64 bits per heavy atom. The van der Waals surface area contributed by atoms with Crippen LogP contribution in [0.15, 0.2) is 0 Å². The molecule has 2 atom stereocenters. The standard InChI is InChI=1S/C7H13NO3/c9-4-6-3-7(11)1-2-8(6)5-10/h5-7,9,11H,1-4H2. The van der Waals surface area contributed by atoms with Crippen LogP contribution in [0.2, 0.25) is 0 Å². The van der Waals surface area contributed by atoms with E-state index < -0.39 is 0 Å². The fourth-order valence-electron chi connectivity index (χ4n) is 1.37. The van der Waals surface area contributed by atoms with Crippen molar-refractivity contribution in [2.75, 3.05) is 13.2 Å². The van der Waals surface area contributed by atoms with E-state index >= 15 is 0 Å². The highest BCUT2D eigenvalue weighted by atomic mass is 16.3. The van der Waals surface area contributed by atoms with Gasteiger partial charge in [-0.2, -0.15) is 0 Å². The first-order valence-electron chi connectivity index (χ1n) is 3.78. The van der Waals surface area contributed by atoms with E-state index in [4.69, 9.17) is 5.11 Å². The minimum absolute atomic E-state index is 0.0597. The quantitative estimate of drug-likeness (QED) is 0.506. The van der Waals surface area contributed by atoms with Crippen LogP contribution in [-0.4, -0.2) is 46.8 Å². The van der Waals surface area contributed by atoms with Crippen LogP contribution in [0, 0.1) is 0 Å². The highest BCUT2D eigenvalue weighted by molar-refractivity contribution is 5.48. The van der Waals surface area contributed by atoms with Gasteiger partial charge in [-0.1, -0.05) is 0 Å². The number of nitrogens with zero attached hydrogens (tertiary/aromatic N) is 1. The molecule has 0 saturated carbocycles. The summed E-state index contributed by atoms with van der Waals surface area (Å²) in [6.07, 6.45) is 1.49. The number of aliphatic hydroxyl groups is 2. The molecule has 0 bridgehead atoms. The smallest absolute Gasteiger partial charge is 0.210 e. The Labute approximate surface area is 65.4 Å². The normalized spacial score (nSPS) is 32.0. The molecule has 0 aromatic heterocycles. The first-order valence-corrected chi connectivity index (χ1v) is 3.78. The molecule has 1 aliphatic heterocycles. The third-order valence-electron chi connectivity index (χ3n) is 2.08. The van der Waals surface area contributed by atoms with Crippen LogP contribution < -0.4 is 0 Å². The summed E-state index contributed by atoms with van der Waals surface area (Å²) in [5.74, 6) is 0. The molecule has 0 aliphatic carbocycles. The SMILES string of the molecule is O=CN1CCC(O)CC1CO. The molecular weight excluding hydrogens is 146 g/mol. The number of hydrogen-bond donors (Lipinski definition) is 2. The van der Waals surface area contributed by atoms with Gasteiger partial charge in [-0.25, -0.2) is 0 Å². The number of carbonyl (C=O) groups is 1. The van der Waals surface area contributed by atoms with Crippen molar-refractivity contribution in [2.45, 2.75) is 25.0 Å². The second-order valence-electron chi connectivity index (χ2n) is 2.86. The third kappa shape index (κ3) is 1.91. The van der Waals surface area contributed by atoms with Crippen molar-refractivity contribution in [3.63, 3.8) is 0 Å². The van der Waals surface area contributed by atoms with Crippen molar-refractivity contribution in [1.29, 1.82) is 0 Å². The summed E-state index contributed by atoms with van der Waals surface area (Å²) >= 11 is 0. The first-order chi connectivity index (χ1) is 5.27. The lowest BCUT2D eigenvalue weighted by atomic mass is 10.0. The second-order valence-corrected chi connectivity index (χ2v) is 2.86. The van der Waals surface area contributed by atoms with Gasteiger partial charge in [0.15, 0.2) is 0 Å². The topological polar surface area (TPSA) is 60.8 Å². The Bertz CT molecular complexity index is 140. The van der Waals surface area contributed by atoms with E-state index in [1.807, 2.05) is 0 Å². The molecule has 4 heteroatoms. The van der Waals surface area contributed by atoms with Crippen molar-refractivity contribution < 1.29 is 15.0 Å². The van der Waals surface area contributed by atoms with Crippen molar-refractivity contribution in [1.82, 2.24) is 4.90 Å². The van der Waals surface area contributed by atoms with Gasteiger partial charge in [0.05, 0.1) is 18.8 Å². The molecular formula is C7H13NO3. The number of carbonyl (C=O) groups excluding carboxylic acids is 1. The van der Waals surface area contributed by atoms with E-state index in [2.05, 4.69) is 0 Å². The van der Waals surface area contributed by atoms with Gasteiger partial charge in [0.25, 0.3) is 0 Å². The Morgan fingerprint density at radius 3 is 2.91 bits per heavy atom. The summed E-state index contributed by atoms with van der Waals surface area (Å²) < 4.78 is 0. The van der Waals surface area contributed by atoms with E-state index in [1.165, 1.54) is 4.90 Å². The van der Waals surface area contributed by atoms with Crippen molar-refractivity contribution in [3.8, 4) is 0 Å². The van der Waals surface area contributed by atoms with Gasteiger partial charge in [-0.3, -0.25) is 4.79 Å². The highest BCUT2D eigenvalue weighted by Gasteiger charge is 2.25. The van der Waals surface area contributed by atoms with Crippen LogP contribution in [0.1, 0.15) is 12.8 Å². The minimum Gasteiger partial charge on any atom is -0.394 e. The Morgan fingerprint density at radius 2 is 2.36 bits per heavy atom. The molecule has 0 aromatic rings. The maximum absolute atomic E-state index is 10.4. The predicted molar refractivity (Wildman–Crippen MR) is 38.9 cm³/mol. The average Bonchev–Trinajstić information content (AvgIpc) is 2.04. The monoisotopic (exact) mass is 159 g/mol. The van der Waals surface area contributed by atoms with Crippen LogP contribution in [0.3, 0.4) is 0 Å². The minimum atomic E-state index is -0.358. The molecule has 64 valence electrons. The summed E-state index contributed by atoms with van der Waals surface area (Å²) in [4.78, 5) is 11.9. The molecule has 1 amide bonds. The molecule has 1 saturated heterocycles. The molecule has 0 radical (unpaired) electrons. The summed E-state index contributed by atoms with van der Waals surface area (Å²) in [5, 5.41) is 18.0. The number of amides is 1. The van der Waals surface area contributed by atoms with E-state index in [0.717, 1.165) is 6.41 Å². The van der Waals surface area contributed by atoms with Gasteiger partial charge < -0.3 is 15.1 Å². The lowest BCUT2D eigenvalue weighted by Crippen LogP contribution is -2.45. The number of rotatable bonds is 2. The summed E-state index contributed by atoms with van der Waals surface area (Å²) in [6, 6.07) is -0.184. The molecule has 11 heavy (non-hydrogen) atoms. The van der Waals surface area contributed by atoms with Gasteiger partial charge in [0, 0.05) is 6.54 Å². The molecule has 2 unspecified atom stereocenters. The van der Waals surface area contributed by atoms with E-state index in [9.17, 15) is 9.90 Å². The van der Waals surface area contributed by atoms with E-state index in [1.54, 1.807) is 0 Å². The number of piperidine rings is 1. The van der Waals surface area contributed by atoms with Gasteiger partial charge in [-0.15, -0.1) is 0 Å². The number of aliphatic hydroxyl groups excluding tert-OH is 2. The van der Waals surface area contributed by atoms with Crippen LogP contribution in [0.25, 0.3) is 0 Å². The number of hydrogen-bond acceptors (Lipinski definition) is 3. The predicted octanol–water partition coefficient (Wildman–Crippen LogP) is -1.04. The molecule has 1 heterocycles. The number of likely N-dealkylation sites (tertiary alicyclic amines) is 1. The first kappa shape index (κ1) is 8.49. The Balaban J connectivity index is 2.47. The van der Waals surface area contributed by atoms with Gasteiger partial charge in [0.1, 0.15) is 0 Å². The van der Waals surface area contributed by atoms with Gasteiger partial charge in [0.2, 0.25) is 6.41 Å². The fraction of sp³-hybridized carbons (Fsp3) is 0.857. The van der Waals surface area contributed by atoms with Gasteiger partial charge in [-0.05, 0) is 12.8 Å². The fourth-order valence-corrected chi connectivity index (χ4v) is 1.37. The summed E-state index contributed by atoms with van der Waals surface area (Å²) in [5.41, 5.74) is 0. The van der Waals surface area contributed by atoms with Crippen LogP contribution in [0.5, 0.6) is 0 Å². The summed E-state index contributed by atoms with van der Waals surface area (Å²) in [7, 11) is 0. The van der Waals surface area contributed by atoms with Crippen molar-refractivity contribution in [2.24, 2.45) is 0 Å². The van der Waals surface area contributed by atoms with E-state index in [-0.39, 0.29) is 18.8 Å². The molecule has 0 spiro atoms. The Kier molecular flexibility index (Phi) is 2.84. The maximum atomic E-state index is 10.4. The molecule has 0 aromatic carbocycles. The highest BCUT2D eigenvalue weighted by Crippen LogP contribution is 2.14. The van der Waals surface area contributed by atoms with Crippen LogP contribution >= 0.6 is 0 Å². The second kappa shape index (κ2) is 3.69. The van der Waals surface area contributed by atoms with Crippen molar-refractivity contribution in [3.05, 3.63) is 0 Å². The zero-order chi connectivity index (χ0) is 8.27. The Hall–Kier alpha value is -0.610. The van der Waals surface area contributed by atoms with E-state index in [0.29, 0.717) is 19.4 Å². The third-order valence-corrected chi connectivity index (χ3v) is 2.08. The zero-order valence-electron chi connectivity index (χ0n) is 6.31. The molecule has 4 nitrogen and oxygen atoms in total. The molecule has 1 aliphatic rings. The van der Waals surface area contributed by atoms with Crippen LogP contribution in [0.4, 0.5) is 0 Å². The average molecular weight is 159 g/mol. The molecule has 1 rings (SSSR count). The van der Waals surface area contributed by atoms with Crippen LogP contribution in [-0.2, 0) is 4.79 Å².